The molecule has 0 spiro atoms. The molecule has 0 bridgehead atoms. The highest BCUT2D eigenvalue weighted by atomic mass is 16.5. The molecule has 32 heavy (non-hydrogen) atoms. The summed E-state index contributed by atoms with van der Waals surface area (Å²) in [5.74, 6) is 1.30. The fraction of sp³-hybridized carbons (Fsp3) is 0.138. The summed E-state index contributed by atoms with van der Waals surface area (Å²) in [6, 6.07) is 21.3. The van der Waals surface area contributed by atoms with Crippen LogP contribution in [0.2, 0.25) is 0 Å². The Morgan fingerprint density at radius 2 is 1.69 bits per heavy atom. The largest absolute Gasteiger partial charge is 0.489 e. The molecule has 3 heteroatoms. The molecular weight excluding hydrogens is 396 g/mol. The van der Waals surface area contributed by atoms with Crippen molar-refractivity contribution < 1.29 is 14.3 Å². The van der Waals surface area contributed by atoms with Gasteiger partial charge in [-0.15, -0.1) is 0 Å². The Morgan fingerprint density at radius 1 is 0.969 bits per heavy atom. The smallest absolute Gasteiger partial charge is 0.185 e. The molecule has 0 amide bonds. The fourth-order valence-electron chi connectivity index (χ4n) is 3.29. The van der Waals surface area contributed by atoms with Gasteiger partial charge in [-0.05, 0) is 53.6 Å². The van der Waals surface area contributed by atoms with Crippen LogP contribution in [0.15, 0.2) is 91.0 Å². The average molecular weight is 425 g/mol. The lowest BCUT2D eigenvalue weighted by Gasteiger charge is -2.13. The van der Waals surface area contributed by atoms with Crippen LogP contribution in [0.5, 0.6) is 11.5 Å². The Bertz CT molecular complexity index is 1250. The van der Waals surface area contributed by atoms with E-state index in [1.54, 1.807) is 0 Å². The molecule has 3 aromatic rings. The monoisotopic (exact) mass is 424 g/mol. The molecule has 0 N–H and O–H groups in total. The summed E-state index contributed by atoms with van der Waals surface area (Å²) in [5, 5.41) is 2.08. The summed E-state index contributed by atoms with van der Waals surface area (Å²) in [6.45, 7) is 12.3. The Balaban J connectivity index is 1.65. The minimum atomic E-state index is -0.0978. The van der Waals surface area contributed by atoms with E-state index in [1.807, 2.05) is 92.7 Å². The molecule has 0 aliphatic heterocycles. The summed E-state index contributed by atoms with van der Waals surface area (Å²) in [7, 11) is 0. The number of hydrogen-bond donors (Lipinski definition) is 0. The van der Waals surface area contributed by atoms with Crippen LogP contribution in [0.3, 0.4) is 0 Å². The molecule has 0 aliphatic carbocycles. The summed E-state index contributed by atoms with van der Waals surface area (Å²) in [4.78, 5) is 12.2. The van der Waals surface area contributed by atoms with Crippen molar-refractivity contribution in [2.75, 3.05) is 6.61 Å². The van der Waals surface area contributed by atoms with Gasteiger partial charge in [0.1, 0.15) is 24.7 Å². The van der Waals surface area contributed by atoms with E-state index in [-0.39, 0.29) is 5.78 Å². The fourth-order valence-corrected chi connectivity index (χ4v) is 3.29. The van der Waals surface area contributed by atoms with E-state index in [0.29, 0.717) is 24.5 Å². The molecule has 0 unspecified atom stereocenters. The third kappa shape index (κ3) is 6.08. The molecule has 0 fully saturated rings. The SMILES string of the molecule is C=CC(=O)c1c(C)cccc1COc1cccc(OC/C(C)=C/C=c2/ccccc2=C)c1. The summed E-state index contributed by atoms with van der Waals surface area (Å²) < 4.78 is 11.9. The summed E-state index contributed by atoms with van der Waals surface area (Å²) in [5.41, 5.74) is 3.48. The zero-order valence-electron chi connectivity index (χ0n) is 18.6. The van der Waals surface area contributed by atoms with Crippen LogP contribution < -0.4 is 19.9 Å². The van der Waals surface area contributed by atoms with Crippen LogP contribution >= 0.6 is 0 Å². The van der Waals surface area contributed by atoms with Crippen molar-refractivity contribution in [1.82, 2.24) is 0 Å². The van der Waals surface area contributed by atoms with Crippen molar-refractivity contribution in [1.29, 1.82) is 0 Å². The predicted octanol–water partition coefficient (Wildman–Crippen LogP) is 5.16. The van der Waals surface area contributed by atoms with Crippen LogP contribution in [-0.4, -0.2) is 12.4 Å². The van der Waals surface area contributed by atoms with Gasteiger partial charge in [-0.1, -0.05) is 73.8 Å². The van der Waals surface area contributed by atoms with Gasteiger partial charge in [0, 0.05) is 17.2 Å². The first-order valence-corrected chi connectivity index (χ1v) is 10.5. The Kier molecular flexibility index (Phi) is 7.82. The number of aryl methyl sites for hydroxylation is 1. The van der Waals surface area contributed by atoms with E-state index < -0.39 is 0 Å². The summed E-state index contributed by atoms with van der Waals surface area (Å²) in [6.07, 6.45) is 5.42. The number of ketones is 1. The van der Waals surface area contributed by atoms with Crippen LogP contribution in [0.4, 0.5) is 0 Å². The molecule has 0 atom stereocenters. The Labute approximate surface area is 189 Å². The molecule has 0 heterocycles. The predicted molar refractivity (Wildman–Crippen MR) is 131 cm³/mol. The first kappa shape index (κ1) is 22.8. The van der Waals surface area contributed by atoms with Crippen LogP contribution in [0, 0.1) is 6.92 Å². The van der Waals surface area contributed by atoms with Crippen molar-refractivity contribution in [3.63, 3.8) is 0 Å². The highest BCUT2D eigenvalue weighted by Crippen LogP contribution is 2.23. The zero-order valence-corrected chi connectivity index (χ0v) is 18.6. The molecule has 0 saturated carbocycles. The number of ether oxygens (including phenoxy) is 2. The lowest BCUT2D eigenvalue weighted by atomic mass is 9.98. The second kappa shape index (κ2) is 11.0. The van der Waals surface area contributed by atoms with Gasteiger partial charge in [-0.3, -0.25) is 4.79 Å². The third-order valence-electron chi connectivity index (χ3n) is 5.06. The highest BCUT2D eigenvalue weighted by Gasteiger charge is 2.12. The van der Waals surface area contributed by atoms with Gasteiger partial charge < -0.3 is 9.47 Å². The number of carbonyl (C=O) groups is 1. The Hall–Kier alpha value is -3.85. The second-order valence-corrected chi connectivity index (χ2v) is 7.61. The molecule has 3 aromatic carbocycles. The van der Waals surface area contributed by atoms with Gasteiger partial charge in [0.25, 0.3) is 0 Å². The molecule has 0 radical (unpaired) electrons. The average Bonchev–Trinajstić information content (AvgIpc) is 2.80. The molecule has 3 nitrogen and oxygen atoms in total. The van der Waals surface area contributed by atoms with Crippen molar-refractivity contribution in [2.24, 2.45) is 0 Å². The van der Waals surface area contributed by atoms with Crippen molar-refractivity contribution in [3.05, 3.63) is 118 Å². The quantitative estimate of drug-likeness (QED) is 0.352. The molecule has 0 aliphatic rings. The first-order chi connectivity index (χ1) is 15.5. The molecule has 0 aromatic heterocycles. The van der Waals surface area contributed by atoms with E-state index in [1.165, 1.54) is 6.08 Å². The molecular formula is C29H28O3. The number of rotatable bonds is 9. The van der Waals surface area contributed by atoms with Crippen LogP contribution in [0.25, 0.3) is 12.7 Å². The first-order valence-electron chi connectivity index (χ1n) is 10.5. The van der Waals surface area contributed by atoms with Crippen LogP contribution in [0.1, 0.15) is 28.4 Å². The molecule has 0 saturated heterocycles. The maximum Gasteiger partial charge on any atom is 0.185 e. The highest BCUT2D eigenvalue weighted by molar-refractivity contribution is 6.06. The van der Waals surface area contributed by atoms with E-state index in [4.69, 9.17) is 9.47 Å². The van der Waals surface area contributed by atoms with Gasteiger partial charge in [0.2, 0.25) is 0 Å². The lowest BCUT2D eigenvalue weighted by Crippen LogP contribution is -2.21. The van der Waals surface area contributed by atoms with E-state index in [9.17, 15) is 4.79 Å². The lowest BCUT2D eigenvalue weighted by molar-refractivity contribution is 0.104. The van der Waals surface area contributed by atoms with Gasteiger partial charge in [0.05, 0.1) is 0 Å². The number of hydrogen-bond acceptors (Lipinski definition) is 3. The molecule has 3 rings (SSSR count). The summed E-state index contributed by atoms with van der Waals surface area (Å²) >= 11 is 0. The zero-order chi connectivity index (χ0) is 22.9. The van der Waals surface area contributed by atoms with Crippen LogP contribution in [-0.2, 0) is 6.61 Å². The third-order valence-corrected chi connectivity index (χ3v) is 5.06. The van der Waals surface area contributed by atoms with Gasteiger partial charge in [0.15, 0.2) is 5.78 Å². The Morgan fingerprint density at radius 3 is 2.44 bits per heavy atom. The number of benzene rings is 3. The van der Waals surface area contributed by atoms with Crippen molar-refractivity contribution in [2.45, 2.75) is 20.5 Å². The standard InChI is InChI=1S/C29H28O3/c1-5-28(30)29-23(4)11-8-13-25(29)20-32-27-15-9-14-26(18-27)31-19-21(2)16-17-24-12-7-6-10-22(24)3/h5-18H,1,3,19-20H2,2,4H3/b21-16+,24-17-. The maximum absolute atomic E-state index is 12.2. The van der Waals surface area contributed by atoms with E-state index in [2.05, 4.69) is 13.2 Å². The van der Waals surface area contributed by atoms with E-state index in [0.717, 1.165) is 32.9 Å². The topological polar surface area (TPSA) is 35.5 Å². The maximum atomic E-state index is 12.2. The minimum absolute atomic E-state index is 0.0978. The van der Waals surface area contributed by atoms with Gasteiger partial charge >= 0.3 is 0 Å². The second-order valence-electron chi connectivity index (χ2n) is 7.61. The van der Waals surface area contributed by atoms with Crippen molar-refractivity contribution >= 4 is 18.4 Å². The normalized spacial score (nSPS) is 11.8. The van der Waals surface area contributed by atoms with Gasteiger partial charge in [-0.25, -0.2) is 0 Å². The van der Waals surface area contributed by atoms with Gasteiger partial charge in [-0.2, -0.15) is 0 Å². The number of allylic oxidation sites excluding steroid dienone is 2. The molecule has 162 valence electrons. The number of carbonyl (C=O) groups excluding carboxylic acids is 1. The van der Waals surface area contributed by atoms with Crippen molar-refractivity contribution in [3.8, 4) is 11.5 Å². The minimum Gasteiger partial charge on any atom is -0.489 e. The van der Waals surface area contributed by atoms with E-state index >= 15 is 0 Å².